The van der Waals surface area contributed by atoms with Crippen molar-refractivity contribution in [3.63, 3.8) is 0 Å². The van der Waals surface area contributed by atoms with Gasteiger partial charge in [-0.1, -0.05) is 15.9 Å². The first kappa shape index (κ1) is 22.5. The van der Waals surface area contributed by atoms with E-state index in [1.54, 1.807) is 0 Å². The first-order valence-electron chi connectivity index (χ1n) is 8.22. The lowest BCUT2D eigenvalue weighted by Gasteiger charge is -2.32. The number of anilines is 1. The number of halogens is 3. The Hall–Kier alpha value is -0.530. The van der Waals surface area contributed by atoms with Crippen LogP contribution in [0.2, 0.25) is 0 Å². The van der Waals surface area contributed by atoms with Gasteiger partial charge in [-0.15, -0.1) is 24.8 Å². The van der Waals surface area contributed by atoms with Crippen molar-refractivity contribution in [1.82, 2.24) is 5.32 Å². The highest BCUT2D eigenvalue weighted by Gasteiger charge is 2.36. The molecule has 1 amide bonds. The van der Waals surface area contributed by atoms with Crippen LogP contribution in [-0.4, -0.2) is 44.3 Å². The Morgan fingerprint density at radius 3 is 2.56 bits per heavy atom. The smallest absolute Gasteiger partial charge is 0.240 e. The molecule has 1 aromatic carbocycles. The number of hydrogen-bond donors (Lipinski definition) is 2. The number of nitrogens with two attached hydrogens (primary N) is 1. The quantitative estimate of drug-likeness (QED) is 0.733. The van der Waals surface area contributed by atoms with Crippen LogP contribution in [0.15, 0.2) is 28.7 Å². The molecule has 0 radical (unpaired) electrons. The Morgan fingerprint density at radius 2 is 1.92 bits per heavy atom. The molecule has 0 spiro atoms. The maximum Gasteiger partial charge on any atom is 0.240 e. The van der Waals surface area contributed by atoms with Crippen LogP contribution in [-0.2, 0) is 9.53 Å². The molecule has 2 fully saturated rings. The molecular weight excluding hydrogens is 429 g/mol. The molecule has 1 aromatic rings. The Labute approximate surface area is 170 Å². The fourth-order valence-electron chi connectivity index (χ4n) is 3.26. The summed E-state index contributed by atoms with van der Waals surface area (Å²) in [4.78, 5) is 14.7. The second kappa shape index (κ2) is 9.97. The zero-order valence-electron chi connectivity index (χ0n) is 14.1. The molecule has 25 heavy (non-hydrogen) atoms. The van der Waals surface area contributed by atoms with Gasteiger partial charge in [0, 0.05) is 43.0 Å². The van der Waals surface area contributed by atoms with Gasteiger partial charge in [0.15, 0.2) is 0 Å². The molecule has 2 heterocycles. The summed E-state index contributed by atoms with van der Waals surface area (Å²) in [5, 5.41) is 3.06. The van der Waals surface area contributed by atoms with Crippen LogP contribution in [0, 0.1) is 5.92 Å². The lowest BCUT2D eigenvalue weighted by Crippen LogP contribution is -2.57. The summed E-state index contributed by atoms with van der Waals surface area (Å²) < 4.78 is 6.39. The van der Waals surface area contributed by atoms with Crippen LogP contribution in [0.5, 0.6) is 0 Å². The summed E-state index contributed by atoms with van der Waals surface area (Å²) in [7, 11) is 0. The van der Waals surface area contributed by atoms with E-state index in [0.717, 1.165) is 24.0 Å². The molecule has 1 unspecified atom stereocenters. The zero-order chi connectivity index (χ0) is 16.3. The Kier molecular flexibility index (Phi) is 8.98. The average molecular weight is 455 g/mol. The molecule has 0 aromatic heterocycles. The van der Waals surface area contributed by atoms with Crippen molar-refractivity contribution in [3.05, 3.63) is 28.7 Å². The summed E-state index contributed by atoms with van der Waals surface area (Å²) >= 11 is 3.46. The number of amides is 1. The molecule has 0 bridgehead atoms. The molecule has 8 heteroatoms. The lowest BCUT2D eigenvalue weighted by molar-refractivity contribution is -0.129. The lowest BCUT2D eigenvalue weighted by atomic mass is 9.90. The van der Waals surface area contributed by atoms with Gasteiger partial charge in [0.25, 0.3) is 0 Å². The number of nitrogens with one attached hydrogen (secondary N) is 1. The monoisotopic (exact) mass is 453 g/mol. The van der Waals surface area contributed by atoms with Gasteiger partial charge in [0.2, 0.25) is 5.91 Å². The third kappa shape index (κ3) is 5.73. The van der Waals surface area contributed by atoms with Crippen LogP contribution < -0.4 is 16.0 Å². The fourth-order valence-corrected chi connectivity index (χ4v) is 3.53. The van der Waals surface area contributed by atoms with E-state index in [1.807, 2.05) is 0 Å². The molecule has 1 atom stereocenters. The molecule has 2 saturated heterocycles. The second-order valence-electron chi connectivity index (χ2n) is 6.56. The van der Waals surface area contributed by atoms with E-state index in [9.17, 15) is 4.79 Å². The number of nitrogens with zero attached hydrogens (tertiary/aromatic N) is 1. The first-order chi connectivity index (χ1) is 11.1. The van der Waals surface area contributed by atoms with Gasteiger partial charge >= 0.3 is 0 Å². The maximum atomic E-state index is 12.4. The highest BCUT2D eigenvalue weighted by molar-refractivity contribution is 9.10. The summed E-state index contributed by atoms with van der Waals surface area (Å²) in [6.07, 6.45) is 2.31. The number of hydrogen-bond acceptors (Lipinski definition) is 4. The van der Waals surface area contributed by atoms with Gasteiger partial charge in [0.1, 0.15) is 0 Å². The molecule has 3 N–H and O–H groups in total. The van der Waals surface area contributed by atoms with Gasteiger partial charge in [-0.05, 0) is 49.4 Å². The molecule has 0 aliphatic carbocycles. The van der Waals surface area contributed by atoms with E-state index in [-0.39, 0.29) is 30.7 Å². The number of benzene rings is 1. The van der Waals surface area contributed by atoms with Gasteiger partial charge < -0.3 is 20.7 Å². The SMILES string of the molecule is Cl.Cl.NC1(C(=O)NCC2CCN(c3ccc(Br)cc3)C2)CCOCC1. The minimum absolute atomic E-state index is 0. The molecule has 5 nitrogen and oxygen atoms in total. The minimum atomic E-state index is -0.748. The van der Waals surface area contributed by atoms with Gasteiger partial charge in [-0.3, -0.25) is 4.79 Å². The van der Waals surface area contributed by atoms with Gasteiger partial charge in [0.05, 0.1) is 5.54 Å². The maximum absolute atomic E-state index is 12.4. The largest absolute Gasteiger partial charge is 0.381 e. The third-order valence-corrected chi connectivity index (χ3v) is 5.39. The molecule has 2 aliphatic heterocycles. The fraction of sp³-hybridized carbons (Fsp3) is 0.588. The van der Waals surface area contributed by atoms with E-state index in [2.05, 4.69) is 50.4 Å². The third-order valence-electron chi connectivity index (χ3n) is 4.87. The average Bonchev–Trinajstić information content (AvgIpc) is 3.03. The summed E-state index contributed by atoms with van der Waals surface area (Å²) in [5.41, 5.74) is 6.70. The van der Waals surface area contributed by atoms with E-state index >= 15 is 0 Å². The van der Waals surface area contributed by atoms with E-state index < -0.39 is 5.54 Å². The normalized spacial score (nSPS) is 21.8. The minimum Gasteiger partial charge on any atom is -0.381 e. The topological polar surface area (TPSA) is 67.6 Å². The van der Waals surface area contributed by atoms with Crippen molar-refractivity contribution in [2.24, 2.45) is 11.7 Å². The standard InChI is InChI=1S/C17H24BrN3O2.2ClH/c18-14-1-3-15(4-2-14)21-8-5-13(12-21)11-20-16(22)17(19)6-9-23-10-7-17;;/h1-4,13H,5-12,19H2,(H,20,22);2*1H. The van der Waals surface area contributed by atoms with E-state index in [4.69, 9.17) is 10.5 Å². The Morgan fingerprint density at radius 1 is 1.28 bits per heavy atom. The van der Waals surface area contributed by atoms with Crippen molar-refractivity contribution in [2.45, 2.75) is 24.8 Å². The Balaban J connectivity index is 0.00000156. The molecular formula is C17H26BrCl2N3O2. The van der Waals surface area contributed by atoms with Crippen LogP contribution in [0.3, 0.4) is 0 Å². The molecule has 142 valence electrons. The van der Waals surface area contributed by atoms with Gasteiger partial charge in [-0.2, -0.15) is 0 Å². The highest BCUT2D eigenvalue weighted by atomic mass is 79.9. The van der Waals surface area contributed by atoms with Crippen LogP contribution >= 0.6 is 40.7 Å². The zero-order valence-corrected chi connectivity index (χ0v) is 17.3. The molecule has 0 saturated carbocycles. The molecule has 2 aliphatic rings. The first-order valence-corrected chi connectivity index (χ1v) is 9.01. The predicted molar refractivity (Wildman–Crippen MR) is 109 cm³/mol. The second-order valence-corrected chi connectivity index (χ2v) is 7.47. The Bertz CT molecular complexity index is 553. The number of rotatable bonds is 4. The number of carbonyl (C=O) groups excluding carboxylic acids is 1. The van der Waals surface area contributed by atoms with Crippen molar-refractivity contribution in [1.29, 1.82) is 0 Å². The van der Waals surface area contributed by atoms with Crippen LogP contribution in [0.4, 0.5) is 5.69 Å². The molecule has 3 rings (SSSR count). The van der Waals surface area contributed by atoms with Crippen molar-refractivity contribution >= 4 is 52.3 Å². The summed E-state index contributed by atoms with van der Waals surface area (Å²) in [5.74, 6) is 0.453. The summed E-state index contributed by atoms with van der Waals surface area (Å²) in [6.45, 7) is 3.85. The van der Waals surface area contributed by atoms with Crippen molar-refractivity contribution < 1.29 is 9.53 Å². The van der Waals surface area contributed by atoms with Crippen LogP contribution in [0.1, 0.15) is 19.3 Å². The number of ether oxygens (including phenoxy) is 1. The number of carbonyl (C=O) groups is 1. The van der Waals surface area contributed by atoms with Crippen LogP contribution in [0.25, 0.3) is 0 Å². The van der Waals surface area contributed by atoms with E-state index in [0.29, 0.717) is 38.5 Å². The highest BCUT2D eigenvalue weighted by Crippen LogP contribution is 2.25. The van der Waals surface area contributed by atoms with Crippen molar-refractivity contribution in [3.8, 4) is 0 Å². The van der Waals surface area contributed by atoms with Gasteiger partial charge in [-0.25, -0.2) is 0 Å². The van der Waals surface area contributed by atoms with Crippen molar-refractivity contribution in [2.75, 3.05) is 37.7 Å². The predicted octanol–water partition coefficient (Wildman–Crippen LogP) is 2.74. The summed E-state index contributed by atoms with van der Waals surface area (Å²) in [6, 6.07) is 8.38. The van der Waals surface area contributed by atoms with E-state index in [1.165, 1.54) is 5.69 Å².